The van der Waals surface area contributed by atoms with Crippen molar-refractivity contribution in [2.24, 2.45) is 0 Å². The molecular weight excluding hydrogens is 154 g/mol. The van der Waals surface area contributed by atoms with Crippen LogP contribution in [-0.4, -0.2) is 5.75 Å². The molecule has 0 saturated heterocycles. The predicted molar refractivity (Wildman–Crippen MR) is 51.3 cm³/mol. The number of rotatable bonds is 4. The zero-order chi connectivity index (χ0) is 8.69. The van der Waals surface area contributed by atoms with Crippen LogP contribution in [0.1, 0.15) is 20.3 Å². The molecule has 0 atom stereocenters. The minimum atomic E-state index is 0.722. The van der Waals surface area contributed by atoms with E-state index >= 15 is 0 Å². The third-order valence-electron chi connectivity index (χ3n) is 1.30. The van der Waals surface area contributed by atoms with E-state index in [9.17, 15) is 0 Å². The van der Waals surface area contributed by atoms with Gasteiger partial charge >= 0.3 is 0 Å². The second-order valence-corrected chi connectivity index (χ2v) is 3.20. The van der Waals surface area contributed by atoms with Gasteiger partial charge in [-0.05, 0) is 23.2 Å². The molecule has 60 valence electrons. The van der Waals surface area contributed by atoms with Crippen molar-refractivity contribution >= 4 is 11.8 Å². The summed E-state index contributed by atoms with van der Waals surface area (Å²) in [5.41, 5.74) is 1.65. The molecule has 0 bridgehead atoms. The number of hydrogen-bond donors (Lipinski definition) is 0. The van der Waals surface area contributed by atoms with Crippen LogP contribution in [0.3, 0.4) is 0 Å². The number of nitrogens with zero attached hydrogens (tertiary/aromatic N) is 1. The van der Waals surface area contributed by atoms with E-state index in [-0.39, 0.29) is 0 Å². The van der Waals surface area contributed by atoms with Crippen LogP contribution in [-0.2, 0) is 0 Å². The van der Waals surface area contributed by atoms with E-state index in [0.29, 0.717) is 0 Å². The SMILES string of the molecule is C=C(CC)C(C#N)=CSCC. The van der Waals surface area contributed by atoms with Gasteiger partial charge in [0.1, 0.15) is 0 Å². The molecule has 0 unspecified atom stereocenters. The fraction of sp³-hybridized carbons (Fsp3) is 0.444. The normalized spacial score (nSPS) is 10.8. The van der Waals surface area contributed by atoms with Crippen molar-refractivity contribution < 1.29 is 0 Å². The maximum absolute atomic E-state index is 8.66. The summed E-state index contributed by atoms with van der Waals surface area (Å²) in [5.74, 6) is 1.00. The molecule has 0 saturated carbocycles. The van der Waals surface area contributed by atoms with Gasteiger partial charge in [0.2, 0.25) is 0 Å². The summed E-state index contributed by atoms with van der Waals surface area (Å²) in [5, 5.41) is 10.5. The van der Waals surface area contributed by atoms with E-state index in [1.165, 1.54) is 0 Å². The molecule has 0 aromatic rings. The monoisotopic (exact) mass is 167 g/mol. The summed E-state index contributed by atoms with van der Waals surface area (Å²) < 4.78 is 0. The quantitative estimate of drug-likeness (QED) is 0.474. The smallest absolute Gasteiger partial charge is 0.0999 e. The Morgan fingerprint density at radius 2 is 2.27 bits per heavy atom. The summed E-state index contributed by atoms with van der Waals surface area (Å²) in [6.45, 7) is 7.86. The first kappa shape index (κ1) is 10.3. The molecule has 0 amide bonds. The molecule has 0 heterocycles. The van der Waals surface area contributed by atoms with Gasteiger partial charge in [-0.15, -0.1) is 11.8 Å². The van der Waals surface area contributed by atoms with E-state index in [0.717, 1.165) is 23.3 Å². The first-order chi connectivity index (χ1) is 5.26. The first-order valence-corrected chi connectivity index (χ1v) is 4.71. The summed E-state index contributed by atoms with van der Waals surface area (Å²) in [4.78, 5) is 0. The number of allylic oxidation sites excluding steroid dienone is 2. The Morgan fingerprint density at radius 3 is 2.64 bits per heavy atom. The van der Waals surface area contributed by atoms with Crippen LogP contribution in [0.4, 0.5) is 0 Å². The first-order valence-electron chi connectivity index (χ1n) is 3.66. The van der Waals surface area contributed by atoms with Crippen LogP contribution in [0.25, 0.3) is 0 Å². The topological polar surface area (TPSA) is 23.8 Å². The minimum absolute atomic E-state index is 0.722. The molecule has 0 aliphatic carbocycles. The summed E-state index contributed by atoms with van der Waals surface area (Å²) in [7, 11) is 0. The van der Waals surface area contributed by atoms with Crippen molar-refractivity contribution in [1.82, 2.24) is 0 Å². The molecular formula is C9H13NS. The van der Waals surface area contributed by atoms with Crippen molar-refractivity contribution in [2.45, 2.75) is 20.3 Å². The third-order valence-corrected chi connectivity index (χ3v) is 2.03. The molecule has 0 N–H and O–H groups in total. The second-order valence-electron chi connectivity index (χ2n) is 2.06. The molecule has 0 fully saturated rings. The fourth-order valence-corrected chi connectivity index (χ4v) is 1.10. The second kappa shape index (κ2) is 6.06. The molecule has 11 heavy (non-hydrogen) atoms. The van der Waals surface area contributed by atoms with E-state index in [1.807, 2.05) is 12.3 Å². The van der Waals surface area contributed by atoms with Crippen LogP contribution in [0.2, 0.25) is 0 Å². The average molecular weight is 167 g/mol. The van der Waals surface area contributed by atoms with Gasteiger partial charge in [0, 0.05) is 0 Å². The van der Waals surface area contributed by atoms with Crippen LogP contribution in [0, 0.1) is 11.3 Å². The van der Waals surface area contributed by atoms with E-state index in [1.54, 1.807) is 11.8 Å². The lowest BCUT2D eigenvalue weighted by atomic mass is 10.1. The Bertz CT molecular complexity index is 198. The molecule has 1 nitrogen and oxygen atoms in total. The van der Waals surface area contributed by atoms with Crippen LogP contribution in [0.5, 0.6) is 0 Å². The lowest BCUT2D eigenvalue weighted by Crippen LogP contribution is -1.81. The largest absolute Gasteiger partial charge is 0.192 e. The Labute approximate surface area is 72.8 Å². The third kappa shape index (κ3) is 3.90. The summed E-state index contributed by atoms with van der Waals surface area (Å²) >= 11 is 1.64. The Hall–Kier alpha value is -0.680. The molecule has 0 rings (SSSR count). The van der Waals surface area contributed by atoms with Crippen LogP contribution >= 0.6 is 11.8 Å². The summed E-state index contributed by atoms with van der Waals surface area (Å²) in [6, 6.07) is 2.13. The lowest BCUT2D eigenvalue weighted by molar-refractivity contribution is 1.14. The van der Waals surface area contributed by atoms with Gasteiger partial charge in [-0.2, -0.15) is 5.26 Å². The van der Waals surface area contributed by atoms with Crippen molar-refractivity contribution in [1.29, 1.82) is 5.26 Å². The predicted octanol–water partition coefficient (Wildman–Crippen LogP) is 3.11. The maximum atomic E-state index is 8.66. The van der Waals surface area contributed by atoms with Gasteiger partial charge in [0.25, 0.3) is 0 Å². The summed E-state index contributed by atoms with van der Waals surface area (Å²) in [6.07, 6.45) is 0.851. The Morgan fingerprint density at radius 1 is 1.64 bits per heavy atom. The zero-order valence-electron chi connectivity index (χ0n) is 7.05. The van der Waals surface area contributed by atoms with Crippen molar-refractivity contribution in [3.05, 3.63) is 23.1 Å². The van der Waals surface area contributed by atoms with Crippen molar-refractivity contribution in [2.75, 3.05) is 5.75 Å². The van der Waals surface area contributed by atoms with Crippen molar-refractivity contribution in [3.8, 4) is 6.07 Å². The Balaban J connectivity index is 4.18. The molecule has 0 spiro atoms. The van der Waals surface area contributed by atoms with Gasteiger partial charge in [-0.1, -0.05) is 20.4 Å². The number of hydrogen-bond acceptors (Lipinski definition) is 2. The average Bonchev–Trinajstić information content (AvgIpc) is 2.05. The highest BCUT2D eigenvalue weighted by molar-refractivity contribution is 8.02. The van der Waals surface area contributed by atoms with Crippen LogP contribution in [0.15, 0.2) is 23.1 Å². The molecule has 2 heteroatoms. The van der Waals surface area contributed by atoms with Gasteiger partial charge in [0.05, 0.1) is 11.6 Å². The highest BCUT2D eigenvalue weighted by Gasteiger charge is 1.97. The van der Waals surface area contributed by atoms with E-state index in [4.69, 9.17) is 5.26 Å². The lowest BCUT2D eigenvalue weighted by Gasteiger charge is -1.97. The van der Waals surface area contributed by atoms with E-state index < -0.39 is 0 Å². The van der Waals surface area contributed by atoms with Gasteiger partial charge in [0.15, 0.2) is 0 Å². The Kier molecular flexibility index (Phi) is 5.68. The molecule has 0 aromatic heterocycles. The number of thioether (sulfide) groups is 1. The van der Waals surface area contributed by atoms with Gasteiger partial charge < -0.3 is 0 Å². The van der Waals surface area contributed by atoms with Crippen molar-refractivity contribution in [3.63, 3.8) is 0 Å². The van der Waals surface area contributed by atoms with Gasteiger partial charge in [-0.25, -0.2) is 0 Å². The molecule has 0 aromatic carbocycles. The van der Waals surface area contributed by atoms with Crippen LogP contribution < -0.4 is 0 Å². The highest BCUT2D eigenvalue weighted by Crippen LogP contribution is 2.14. The van der Waals surface area contributed by atoms with E-state index in [2.05, 4.69) is 19.6 Å². The standard InChI is InChI=1S/C9H13NS/c1-4-8(3)9(6-10)7-11-5-2/h7H,3-5H2,1-2H3. The molecule has 0 aliphatic rings. The fourth-order valence-electron chi connectivity index (χ4n) is 0.546. The highest BCUT2D eigenvalue weighted by atomic mass is 32.2. The number of nitriles is 1. The zero-order valence-corrected chi connectivity index (χ0v) is 7.87. The maximum Gasteiger partial charge on any atom is 0.0999 e. The molecule has 0 radical (unpaired) electrons. The minimum Gasteiger partial charge on any atom is -0.192 e. The molecule has 0 aliphatic heterocycles. The van der Waals surface area contributed by atoms with Gasteiger partial charge in [-0.3, -0.25) is 0 Å².